The van der Waals surface area contributed by atoms with Crippen molar-refractivity contribution < 1.29 is 9.60 Å². The van der Waals surface area contributed by atoms with Gasteiger partial charge in [-0.1, -0.05) is 5.16 Å². The fraction of sp³-hybridized carbons (Fsp3) is 0.143. The lowest BCUT2D eigenvalue weighted by atomic mass is 10.2. The van der Waals surface area contributed by atoms with E-state index in [4.69, 9.17) is 5.21 Å². The average Bonchev–Trinajstić information content (AvgIpc) is 2.05. The Kier molecular flexibility index (Phi) is 2.15. The maximum Gasteiger partial charge on any atom is 0.212 e. The Hall–Kier alpha value is -1.45. The van der Waals surface area contributed by atoms with E-state index in [1.54, 1.807) is 6.92 Å². The molecule has 0 saturated heterocycles. The first-order chi connectivity index (χ1) is 5.24. The molecule has 0 saturated carbocycles. The van der Waals surface area contributed by atoms with Gasteiger partial charge in [0.05, 0.1) is 5.71 Å². The van der Waals surface area contributed by atoms with Crippen molar-refractivity contribution in [2.24, 2.45) is 5.16 Å². The summed E-state index contributed by atoms with van der Waals surface area (Å²) in [5.41, 5.74) is 1.02. The van der Waals surface area contributed by atoms with E-state index >= 15 is 0 Å². The molecule has 3 nitrogen and oxygen atoms in total. The van der Waals surface area contributed by atoms with E-state index in [0.717, 1.165) is 0 Å². The Labute approximate surface area is 63.2 Å². The molecule has 0 unspecified atom stereocenters. The van der Waals surface area contributed by atoms with Crippen LogP contribution in [0.3, 0.4) is 0 Å². The number of aromatic nitrogens is 1. The molecule has 0 aromatic carbocycles. The van der Waals surface area contributed by atoms with Crippen LogP contribution in [0.4, 0.5) is 4.39 Å². The molecule has 1 aromatic rings. The maximum absolute atomic E-state index is 12.2. The van der Waals surface area contributed by atoms with Crippen molar-refractivity contribution >= 4 is 5.71 Å². The second-order valence-electron chi connectivity index (χ2n) is 2.06. The molecular weight excluding hydrogens is 147 g/mol. The standard InChI is InChI=1S/C7H7FN2O/c1-5(10-11)6-2-3-7(8)9-4-6/h2-4,11H,1H3/b10-5+. The number of nitrogens with zero attached hydrogens (tertiary/aromatic N) is 2. The largest absolute Gasteiger partial charge is 0.411 e. The third kappa shape index (κ3) is 1.73. The van der Waals surface area contributed by atoms with E-state index < -0.39 is 5.95 Å². The zero-order valence-electron chi connectivity index (χ0n) is 5.95. The third-order valence-corrected chi connectivity index (χ3v) is 1.30. The second kappa shape index (κ2) is 3.09. The Morgan fingerprint density at radius 1 is 1.64 bits per heavy atom. The number of oxime groups is 1. The molecule has 0 aliphatic rings. The molecular formula is C7H7FN2O. The van der Waals surface area contributed by atoms with E-state index in [2.05, 4.69) is 10.1 Å². The summed E-state index contributed by atoms with van der Waals surface area (Å²) < 4.78 is 12.2. The van der Waals surface area contributed by atoms with Gasteiger partial charge >= 0.3 is 0 Å². The number of halogens is 1. The molecule has 0 bridgehead atoms. The van der Waals surface area contributed by atoms with Gasteiger partial charge in [-0.25, -0.2) is 4.98 Å². The molecule has 4 heteroatoms. The molecule has 1 aromatic heterocycles. The molecule has 1 N–H and O–H groups in total. The van der Waals surface area contributed by atoms with Gasteiger partial charge < -0.3 is 5.21 Å². The van der Waals surface area contributed by atoms with E-state index in [-0.39, 0.29) is 0 Å². The van der Waals surface area contributed by atoms with Crippen LogP contribution in [-0.4, -0.2) is 15.9 Å². The van der Waals surface area contributed by atoms with Crippen LogP contribution in [0.25, 0.3) is 0 Å². The molecule has 1 rings (SSSR count). The fourth-order valence-corrected chi connectivity index (χ4v) is 0.648. The minimum Gasteiger partial charge on any atom is -0.411 e. The van der Waals surface area contributed by atoms with Crippen LogP contribution < -0.4 is 0 Å². The van der Waals surface area contributed by atoms with Crippen LogP contribution in [0.5, 0.6) is 0 Å². The van der Waals surface area contributed by atoms with Crippen LogP contribution >= 0.6 is 0 Å². The Morgan fingerprint density at radius 3 is 2.82 bits per heavy atom. The highest BCUT2D eigenvalue weighted by molar-refractivity contribution is 5.97. The Balaban J connectivity index is 2.99. The van der Waals surface area contributed by atoms with Gasteiger partial charge in [-0.2, -0.15) is 4.39 Å². The highest BCUT2D eigenvalue weighted by Crippen LogP contribution is 1.99. The molecule has 0 amide bonds. The van der Waals surface area contributed by atoms with Gasteiger partial charge in [0.15, 0.2) is 0 Å². The van der Waals surface area contributed by atoms with Crippen LogP contribution in [-0.2, 0) is 0 Å². The molecule has 58 valence electrons. The van der Waals surface area contributed by atoms with Crippen LogP contribution in [0, 0.1) is 5.95 Å². The second-order valence-corrected chi connectivity index (χ2v) is 2.06. The summed E-state index contributed by atoms with van der Waals surface area (Å²) in [5.74, 6) is -0.542. The van der Waals surface area contributed by atoms with E-state index in [1.165, 1.54) is 18.3 Å². The molecule has 0 aliphatic heterocycles. The van der Waals surface area contributed by atoms with Crippen LogP contribution in [0.15, 0.2) is 23.5 Å². The molecule has 11 heavy (non-hydrogen) atoms. The summed E-state index contributed by atoms with van der Waals surface area (Å²) in [4.78, 5) is 3.39. The van der Waals surface area contributed by atoms with Gasteiger partial charge in [-0.05, 0) is 19.1 Å². The van der Waals surface area contributed by atoms with Gasteiger partial charge in [0.25, 0.3) is 0 Å². The van der Waals surface area contributed by atoms with E-state index in [9.17, 15) is 4.39 Å². The first-order valence-corrected chi connectivity index (χ1v) is 3.04. The molecule has 1 heterocycles. The monoisotopic (exact) mass is 154 g/mol. The first-order valence-electron chi connectivity index (χ1n) is 3.04. The van der Waals surface area contributed by atoms with Crippen molar-refractivity contribution in [3.8, 4) is 0 Å². The molecule has 0 radical (unpaired) electrons. The predicted molar refractivity (Wildman–Crippen MR) is 38.2 cm³/mol. The lowest BCUT2D eigenvalue weighted by molar-refractivity contribution is 0.319. The molecule has 0 aliphatic carbocycles. The summed E-state index contributed by atoms with van der Waals surface area (Å²) in [7, 11) is 0. The highest BCUT2D eigenvalue weighted by Gasteiger charge is 1.97. The average molecular weight is 154 g/mol. The molecule has 0 atom stereocenters. The van der Waals surface area contributed by atoms with Crippen molar-refractivity contribution in [1.82, 2.24) is 4.98 Å². The first kappa shape index (κ1) is 7.65. The Morgan fingerprint density at radius 2 is 2.36 bits per heavy atom. The van der Waals surface area contributed by atoms with E-state index in [1.807, 2.05) is 0 Å². The predicted octanol–water partition coefficient (Wildman–Crippen LogP) is 1.42. The van der Waals surface area contributed by atoms with Crippen molar-refractivity contribution in [3.05, 3.63) is 29.8 Å². The summed E-state index contributed by atoms with van der Waals surface area (Å²) in [6.07, 6.45) is 1.31. The smallest absolute Gasteiger partial charge is 0.212 e. The van der Waals surface area contributed by atoms with Crippen LogP contribution in [0.1, 0.15) is 12.5 Å². The summed E-state index contributed by atoms with van der Waals surface area (Å²) in [6, 6.07) is 2.71. The van der Waals surface area contributed by atoms with Gasteiger partial charge in [0.1, 0.15) is 0 Å². The number of hydrogen-bond donors (Lipinski definition) is 1. The van der Waals surface area contributed by atoms with Crippen molar-refractivity contribution in [1.29, 1.82) is 0 Å². The lowest BCUT2D eigenvalue weighted by Gasteiger charge is -1.95. The van der Waals surface area contributed by atoms with Gasteiger partial charge in [-0.3, -0.25) is 0 Å². The van der Waals surface area contributed by atoms with Gasteiger partial charge in [0.2, 0.25) is 5.95 Å². The normalized spacial score (nSPS) is 11.6. The highest BCUT2D eigenvalue weighted by atomic mass is 19.1. The third-order valence-electron chi connectivity index (χ3n) is 1.30. The number of hydrogen-bond acceptors (Lipinski definition) is 3. The maximum atomic E-state index is 12.2. The SMILES string of the molecule is C/C(=N\O)c1ccc(F)nc1. The zero-order chi connectivity index (χ0) is 8.27. The lowest BCUT2D eigenvalue weighted by Crippen LogP contribution is -1.95. The van der Waals surface area contributed by atoms with E-state index in [0.29, 0.717) is 11.3 Å². The quantitative estimate of drug-likeness (QED) is 0.288. The minimum absolute atomic E-state index is 0.414. The van der Waals surface area contributed by atoms with Gasteiger partial charge in [0, 0.05) is 11.8 Å². The number of rotatable bonds is 1. The molecule has 0 fully saturated rings. The number of pyridine rings is 1. The van der Waals surface area contributed by atoms with Gasteiger partial charge in [-0.15, -0.1) is 0 Å². The summed E-state index contributed by atoms with van der Waals surface area (Å²) in [5, 5.41) is 11.3. The van der Waals surface area contributed by atoms with Crippen LogP contribution in [0.2, 0.25) is 0 Å². The molecule has 0 spiro atoms. The topological polar surface area (TPSA) is 45.5 Å². The summed E-state index contributed by atoms with van der Waals surface area (Å²) >= 11 is 0. The zero-order valence-corrected chi connectivity index (χ0v) is 5.95. The van der Waals surface area contributed by atoms with Crippen molar-refractivity contribution in [2.45, 2.75) is 6.92 Å². The summed E-state index contributed by atoms with van der Waals surface area (Å²) in [6.45, 7) is 1.61. The Bertz CT molecular complexity index is 268. The van der Waals surface area contributed by atoms with Crippen molar-refractivity contribution in [2.75, 3.05) is 0 Å². The van der Waals surface area contributed by atoms with Crippen molar-refractivity contribution in [3.63, 3.8) is 0 Å². The fourth-order valence-electron chi connectivity index (χ4n) is 0.648. The minimum atomic E-state index is -0.542.